The molecule has 0 bridgehead atoms. The molecule has 0 saturated heterocycles. The van der Waals surface area contributed by atoms with Gasteiger partial charge in [0, 0.05) is 22.7 Å². The molecule has 0 saturated carbocycles. The number of fused-ring (bicyclic) bond motifs is 1. The monoisotopic (exact) mass is 262 g/mol. The molecule has 1 amide bonds. The largest absolute Gasteiger partial charge is 0.358 e. The number of hydrogen-bond acceptors (Lipinski definition) is 3. The van der Waals surface area contributed by atoms with Crippen molar-refractivity contribution >= 4 is 27.3 Å². The van der Waals surface area contributed by atoms with Gasteiger partial charge in [-0.05, 0) is 31.4 Å². The van der Waals surface area contributed by atoms with E-state index in [9.17, 15) is 4.79 Å². The van der Waals surface area contributed by atoms with Crippen molar-refractivity contribution in [2.75, 3.05) is 7.05 Å². The van der Waals surface area contributed by atoms with Crippen molar-refractivity contribution in [3.05, 3.63) is 35.2 Å². The van der Waals surface area contributed by atoms with Crippen LogP contribution in [-0.2, 0) is 4.79 Å². The summed E-state index contributed by atoms with van der Waals surface area (Å²) in [5.74, 6) is 0.0166. The Labute approximate surface area is 111 Å². The van der Waals surface area contributed by atoms with Crippen LogP contribution in [0.3, 0.4) is 0 Å². The van der Waals surface area contributed by atoms with Crippen molar-refractivity contribution in [1.29, 1.82) is 0 Å². The Balaban J connectivity index is 2.13. The highest BCUT2D eigenvalue weighted by Crippen LogP contribution is 2.29. The number of nitrogens with one attached hydrogen (secondary N) is 2. The summed E-state index contributed by atoms with van der Waals surface area (Å²) in [5, 5.41) is 7.22. The van der Waals surface area contributed by atoms with Crippen LogP contribution in [-0.4, -0.2) is 19.0 Å². The SMILES string of the molecule is CNC(=O)C(C)NC(C)c1cc2ccccc2s1. The number of rotatable bonds is 4. The van der Waals surface area contributed by atoms with Crippen LogP contribution < -0.4 is 10.6 Å². The number of thiophene rings is 1. The fraction of sp³-hybridized carbons (Fsp3) is 0.357. The second-order valence-electron chi connectivity index (χ2n) is 4.41. The van der Waals surface area contributed by atoms with Gasteiger partial charge in [0.1, 0.15) is 0 Å². The lowest BCUT2D eigenvalue weighted by molar-refractivity contribution is -0.122. The van der Waals surface area contributed by atoms with Crippen LogP contribution in [0.2, 0.25) is 0 Å². The maximum absolute atomic E-state index is 11.5. The smallest absolute Gasteiger partial charge is 0.236 e. The minimum absolute atomic E-state index is 0.0166. The molecule has 0 aliphatic carbocycles. The van der Waals surface area contributed by atoms with Crippen molar-refractivity contribution in [2.45, 2.75) is 25.9 Å². The van der Waals surface area contributed by atoms with Gasteiger partial charge in [0.15, 0.2) is 0 Å². The Hall–Kier alpha value is -1.39. The van der Waals surface area contributed by atoms with E-state index < -0.39 is 0 Å². The van der Waals surface area contributed by atoms with E-state index in [-0.39, 0.29) is 18.0 Å². The molecule has 0 radical (unpaired) electrons. The number of carbonyl (C=O) groups is 1. The lowest BCUT2D eigenvalue weighted by Crippen LogP contribution is -2.41. The fourth-order valence-electron chi connectivity index (χ4n) is 1.97. The summed E-state index contributed by atoms with van der Waals surface area (Å²) in [6, 6.07) is 10.5. The predicted molar refractivity (Wildman–Crippen MR) is 76.9 cm³/mol. The molecule has 2 N–H and O–H groups in total. The van der Waals surface area contributed by atoms with Crippen molar-refractivity contribution < 1.29 is 4.79 Å². The summed E-state index contributed by atoms with van der Waals surface area (Å²) >= 11 is 1.77. The molecule has 3 nitrogen and oxygen atoms in total. The zero-order valence-electron chi connectivity index (χ0n) is 10.9. The molecule has 18 heavy (non-hydrogen) atoms. The Morgan fingerprint density at radius 2 is 2.00 bits per heavy atom. The van der Waals surface area contributed by atoms with E-state index in [1.807, 2.05) is 19.1 Å². The lowest BCUT2D eigenvalue weighted by atomic mass is 10.2. The molecule has 96 valence electrons. The fourth-order valence-corrected chi connectivity index (χ4v) is 3.04. The van der Waals surface area contributed by atoms with Gasteiger partial charge < -0.3 is 5.32 Å². The normalized spacial score (nSPS) is 14.4. The van der Waals surface area contributed by atoms with Gasteiger partial charge in [-0.1, -0.05) is 18.2 Å². The minimum Gasteiger partial charge on any atom is -0.358 e. The molecule has 0 aliphatic rings. The first kappa shape index (κ1) is 13.1. The Morgan fingerprint density at radius 3 is 2.67 bits per heavy atom. The van der Waals surface area contributed by atoms with Crippen LogP contribution in [0.5, 0.6) is 0 Å². The average molecular weight is 262 g/mol. The maximum atomic E-state index is 11.5. The third kappa shape index (κ3) is 2.71. The zero-order valence-corrected chi connectivity index (χ0v) is 11.7. The van der Waals surface area contributed by atoms with Crippen LogP contribution >= 0.6 is 11.3 Å². The average Bonchev–Trinajstić information content (AvgIpc) is 2.81. The van der Waals surface area contributed by atoms with E-state index in [1.54, 1.807) is 18.4 Å². The first-order valence-corrected chi connectivity index (χ1v) is 6.89. The molecular weight excluding hydrogens is 244 g/mol. The maximum Gasteiger partial charge on any atom is 0.236 e. The molecule has 1 aromatic heterocycles. The zero-order chi connectivity index (χ0) is 13.1. The van der Waals surface area contributed by atoms with E-state index in [2.05, 4.69) is 35.8 Å². The summed E-state index contributed by atoms with van der Waals surface area (Å²) in [6.07, 6.45) is 0. The molecule has 2 rings (SSSR count). The van der Waals surface area contributed by atoms with Crippen LogP contribution in [0.4, 0.5) is 0 Å². The second-order valence-corrected chi connectivity index (χ2v) is 5.53. The molecule has 1 heterocycles. The highest BCUT2D eigenvalue weighted by Gasteiger charge is 2.16. The lowest BCUT2D eigenvalue weighted by Gasteiger charge is -2.17. The Morgan fingerprint density at radius 1 is 1.28 bits per heavy atom. The summed E-state index contributed by atoms with van der Waals surface area (Å²) in [7, 11) is 1.66. The third-order valence-electron chi connectivity index (χ3n) is 3.01. The summed E-state index contributed by atoms with van der Waals surface area (Å²) in [4.78, 5) is 12.7. The number of carbonyl (C=O) groups excluding carboxylic acids is 1. The summed E-state index contributed by atoms with van der Waals surface area (Å²) in [6.45, 7) is 3.97. The number of benzene rings is 1. The predicted octanol–water partition coefficient (Wildman–Crippen LogP) is 2.69. The van der Waals surface area contributed by atoms with E-state index in [0.29, 0.717) is 0 Å². The van der Waals surface area contributed by atoms with E-state index in [1.165, 1.54) is 15.0 Å². The number of likely N-dealkylation sites (N-methyl/N-ethyl adjacent to an activating group) is 1. The third-order valence-corrected chi connectivity index (χ3v) is 4.31. The van der Waals surface area contributed by atoms with Crippen LogP contribution in [0.15, 0.2) is 30.3 Å². The van der Waals surface area contributed by atoms with Gasteiger partial charge in [-0.3, -0.25) is 10.1 Å². The van der Waals surface area contributed by atoms with Crippen molar-refractivity contribution in [3.8, 4) is 0 Å². The molecule has 2 atom stereocenters. The van der Waals surface area contributed by atoms with Crippen LogP contribution in [0.25, 0.3) is 10.1 Å². The Kier molecular flexibility index (Phi) is 3.99. The first-order chi connectivity index (χ1) is 8.61. The van der Waals surface area contributed by atoms with Gasteiger partial charge in [-0.15, -0.1) is 11.3 Å². The summed E-state index contributed by atoms with van der Waals surface area (Å²) in [5.41, 5.74) is 0. The van der Waals surface area contributed by atoms with E-state index in [4.69, 9.17) is 0 Å². The van der Waals surface area contributed by atoms with Crippen LogP contribution in [0, 0.1) is 0 Å². The number of amides is 1. The highest BCUT2D eigenvalue weighted by molar-refractivity contribution is 7.19. The second kappa shape index (κ2) is 5.50. The molecule has 4 heteroatoms. The van der Waals surface area contributed by atoms with Crippen LogP contribution in [0.1, 0.15) is 24.8 Å². The summed E-state index contributed by atoms with van der Waals surface area (Å²) < 4.78 is 1.29. The molecule has 0 fully saturated rings. The molecule has 2 aromatic rings. The van der Waals surface area contributed by atoms with Gasteiger partial charge in [0.2, 0.25) is 5.91 Å². The standard InChI is InChI=1S/C14H18N2OS/c1-9(16-10(2)14(17)15-3)13-8-11-6-4-5-7-12(11)18-13/h4-10,16H,1-3H3,(H,15,17). The molecule has 1 aromatic carbocycles. The Bertz CT molecular complexity index is 516. The molecule has 0 spiro atoms. The topological polar surface area (TPSA) is 41.1 Å². The first-order valence-electron chi connectivity index (χ1n) is 6.08. The van der Waals surface area contributed by atoms with E-state index >= 15 is 0 Å². The van der Waals surface area contributed by atoms with Gasteiger partial charge in [-0.2, -0.15) is 0 Å². The van der Waals surface area contributed by atoms with Gasteiger partial charge in [0.05, 0.1) is 6.04 Å². The van der Waals surface area contributed by atoms with Crippen molar-refractivity contribution in [1.82, 2.24) is 10.6 Å². The quantitative estimate of drug-likeness (QED) is 0.889. The van der Waals surface area contributed by atoms with E-state index in [0.717, 1.165) is 0 Å². The van der Waals surface area contributed by atoms with Gasteiger partial charge in [-0.25, -0.2) is 0 Å². The molecule has 0 aliphatic heterocycles. The molecular formula is C14H18N2OS. The number of hydrogen-bond donors (Lipinski definition) is 2. The van der Waals surface area contributed by atoms with Gasteiger partial charge in [0.25, 0.3) is 0 Å². The van der Waals surface area contributed by atoms with Gasteiger partial charge >= 0.3 is 0 Å². The van der Waals surface area contributed by atoms with Crippen molar-refractivity contribution in [2.24, 2.45) is 0 Å². The minimum atomic E-state index is -0.185. The highest BCUT2D eigenvalue weighted by atomic mass is 32.1. The van der Waals surface area contributed by atoms with Crippen molar-refractivity contribution in [3.63, 3.8) is 0 Å². The molecule has 2 unspecified atom stereocenters.